The van der Waals surface area contributed by atoms with Crippen LogP contribution in [0.3, 0.4) is 0 Å². The number of rotatable bonds is 7. The van der Waals surface area contributed by atoms with Gasteiger partial charge < -0.3 is 24.3 Å². The molecule has 1 saturated heterocycles. The summed E-state index contributed by atoms with van der Waals surface area (Å²) in [5, 5.41) is 3.17. The van der Waals surface area contributed by atoms with Crippen LogP contribution in [0.1, 0.15) is 29.0 Å². The summed E-state index contributed by atoms with van der Waals surface area (Å²) in [4.78, 5) is 19.2. The second-order valence-electron chi connectivity index (χ2n) is 7.70. The molecule has 3 aromatic rings. The SMILES string of the molecule is COc1ccc(N2CCC(NC(=O)c3ccc(OCc4nccn4C)cc3)CC2)cc1. The van der Waals surface area contributed by atoms with Gasteiger partial charge in [0.25, 0.3) is 5.91 Å². The number of imidazole rings is 1. The number of methoxy groups -OCH3 is 1. The average molecular weight is 421 g/mol. The lowest BCUT2D eigenvalue weighted by atomic mass is 10.0. The number of carbonyl (C=O) groups is 1. The zero-order valence-electron chi connectivity index (χ0n) is 18.0. The fourth-order valence-corrected chi connectivity index (χ4v) is 3.73. The van der Waals surface area contributed by atoms with Crippen LogP contribution in [-0.4, -0.2) is 41.7 Å². The molecule has 1 fully saturated rings. The molecule has 0 radical (unpaired) electrons. The highest BCUT2D eigenvalue weighted by Gasteiger charge is 2.21. The van der Waals surface area contributed by atoms with Gasteiger partial charge in [0.2, 0.25) is 0 Å². The number of hydrogen-bond donors (Lipinski definition) is 1. The summed E-state index contributed by atoms with van der Waals surface area (Å²) in [6, 6.07) is 15.5. The molecule has 7 heteroatoms. The first-order valence-electron chi connectivity index (χ1n) is 10.5. The van der Waals surface area contributed by atoms with Gasteiger partial charge >= 0.3 is 0 Å². The number of benzene rings is 2. The second kappa shape index (κ2) is 9.55. The molecule has 1 aliphatic rings. The molecule has 0 saturated carbocycles. The normalized spacial score (nSPS) is 14.3. The summed E-state index contributed by atoms with van der Waals surface area (Å²) in [5.41, 5.74) is 1.83. The molecular formula is C24H28N4O3. The molecule has 1 aliphatic heterocycles. The van der Waals surface area contributed by atoms with Crippen LogP contribution in [0.4, 0.5) is 5.69 Å². The van der Waals surface area contributed by atoms with Crippen LogP contribution in [0.5, 0.6) is 11.5 Å². The van der Waals surface area contributed by atoms with E-state index in [9.17, 15) is 4.79 Å². The fraction of sp³-hybridized carbons (Fsp3) is 0.333. The summed E-state index contributed by atoms with van der Waals surface area (Å²) in [7, 11) is 3.60. The van der Waals surface area contributed by atoms with Crippen molar-refractivity contribution in [2.75, 3.05) is 25.1 Å². The van der Waals surface area contributed by atoms with E-state index in [-0.39, 0.29) is 11.9 Å². The van der Waals surface area contributed by atoms with Crippen molar-refractivity contribution in [3.05, 3.63) is 72.3 Å². The number of piperidine rings is 1. The van der Waals surface area contributed by atoms with Crippen LogP contribution >= 0.6 is 0 Å². The molecule has 2 heterocycles. The van der Waals surface area contributed by atoms with E-state index < -0.39 is 0 Å². The standard InChI is InChI=1S/C24H28N4O3/c1-27-16-13-25-23(27)17-31-22-7-3-18(4-8-22)24(29)26-19-11-14-28(15-12-19)20-5-9-21(30-2)10-6-20/h3-10,13,16,19H,11-12,14-15,17H2,1-2H3,(H,26,29). The Morgan fingerprint density at radius 2 is 1.74 bits per heavy atom. The highest BCUT2D eigenvalue weighted by atomic mass is 16.5. The minimum absolute atomic E-state index is 0.0430. The lowest BCUT2D eigenvalue weighted by Gasteiger charge is -2.34. The van der Waals surface area contributed by atoms with E-state index in [1.807, 2.05) is 42.1 Å². The Labute approximate surface area is 182 Å². The number of carbonyl (C=O) groups excluding carboxylic acids is 1. The number of aromatic nitrogens is 2. The summed E-state index contributed by atoms with van der Waals surface area (Å²) >= 11 is 0. The molecule has 1 amide bonds. The van der Waals surface area contributed by atoms with E-state index in [1.165, 1.54) is 5.69 Å². The number of hydrogen-bond acceptors (Lipinski definition) is 5. The largest absolute Gasteiger partial charge is 0.497 e. The first kappa shape index (κ1) is 20.8. The van der Waals surface area contributed by atoms with Crippen molar-refractivity contribution < 1.29 is 14.3 Å². The van der Waals surface area contributed by atoms with Gasteiger partial charge in [-0.25, -0.2) is 4.98 Å². The van der Waals surface area contributed by atoms with Crippen LogP contribution in [0.2, 0.25) is 0 Å². The van der Waals surface area contributed by atoms with Crippen molar-refractivity contribution in [2.45, 2.75) is 25.5 Å². The molecule has 0 bridgehead atoms. The molecule has 0 atom stereocenters. The second-order valence-corrected chi connectivity index (χ2v) is 7.70. The molecule has 7 nitrogen and oxygen atoms in total. The van der Waals surface area contributed by atoms with Crippen molar-refractivity contribution in [3.63, 3.8) is 0 Å². The Morgan fingerprint density at radius 3 is 2.35 bits per heavy atom. The van der Waals surface area contributed by atoms with Crippen LogP contribution < -0.4 is 19.7 Å². The Balaban J connectivity index is 1.25. The van der Waals surface area contributed by atoms with Crippen molar-refractivity contribution in [3.8, 4) is 11.5 Å². The van der Waals surface area contributed by atoms with Gasteiger partial charge in [-0.05, 0) is 61.4 Å². The van der Waals surface area contributed by atoms with Gasteiger partial charge in [-0.15, -0.1) is 0 Å². The smallest absolute Gasteiger partial charge is 0.251 e. The Kier molecular flexibility index (Phi) is 6.40. The van der Waals surface area contributed by atoms with E-state index in [2.05, 4.69) is 27.3 Å². The lowest BCUT2D eigenvalue weighted by Crippen LogP contribution is -2.44. The Bertz CT molecular complexity index is 990. The van der Waals surface area contributed by atoms with Gasteiger partial charge in [-0.3, -0.25) is 4.79 Å². The van der Waals surface area contributed by atoms with E-state index in [4.69, 9.17) is 9.47 Å². The van der Waals surface area contributed by atoms with Crippen LogP contribution in [0.25, 0.3) is 0 Å². The average Bonchev–Trinajstić information content (AvgIpc) is 3.23. The predicted octanol–water partition coefficient (Wildman–Crippen LogP) is 3.41. The third-order valence-electron chi connectivity index (χ3n) is 5.67. The molecule has 162 valence electrons. The number of nitrogens with zero attached hydrogens (tertiary/aromatic N) is 3. The maximum atomic E-state index is 12.6. The summed E-state index contributed by atoms with van der Waals surface area (Å²) in [5.74, 6) is 2.38. The summed E-state index contributed by atoms with van der Waals surface area (Å²) < 4.78 is 12.9. The van der Waals surface area contributed by atoms with Crippen molar-refractivity contribution in [2.24, 2.45) is 7.05 Å². The zero-order chi connectivity index (χ0) is 21.6. The predicted molar refractivity (Wildman–Crippen MR) is 120 cm³/mol. The molecular weight excluding hydrogens is 392 g/mol. The van der Waals surface area contributed by atoms with Crippen LogP contribution in [0, 0.1) is 0 Å². The highest BCUT2D eigenvalue weighted by Crippen LogP contribution is 2.23. The van der Waals surface area contributed by atoms with Crippen molar-refractivity contribution >= 4 is 11.6 Å². The number of aryl methyl sites for hydroxylation is 1. The topological polar surface area (TPSA) is 68.6 Å². The maximum Gasteiger partial charge on any atom is 0.251 e. The van der Waals surface area contributed by atoms with Gasteiger partial charge in [-0.2, -0.15) is 0 Å². The minimum Gasteiger partial charge on any atom is -0.497 e. The minimum atomic E-state index is -0.0430. The number of amides is 1. The third kappa shape index (κ3) is 5.17. The first-order chi connectivity index (χ1) is 15.1. The van der Waals surface area contributed by atoms with E-state index in [0.717, 1.165) is 37.5 Å². The Morgan fingerprint density at radius 1 is 1.06 bits per heavy atom. The molecule has 4 rings (SSSR count). The fourth-order valence-electron chi connectivity index (χ4n) is 3.73. The highest BCUT2D eigenvalue weighted by molar-refractivity contribution is 5.94. The van der Waals surface area contributed by atoms with Crippen molar-refractivity contribution in [1.29, 1.82) is 0 Å². The number of nitrogens with one attached hydrogen (secondary N) is 1. The summed E-state index contributed by atoms with van der Waals surface area (Å²) in [6.45, 7) is 2.22. The molecule has 0 unspecified atom stereocenters. The third-order valence-corrected chi connectivity index (χ3v) is 5.67. The van der Waals surface area contributed by atoms with Gasteiger partial charge in [0, 0.05) is 49.8 Å². The zero-order valence-corrected chi connectivity index (χ0v) is 18.0. The number of ether oxygens (including phenoxy) is 2. The van der Waals surface area contributed by atoms with Crippen LogP contribution in [0.15, 0.2) is 60.9 Å². The monoisotopic (exact) mass is 420 g/mol. The van der Waals surface area contributed by atoms with Gasteiger partial charge in [0.1, 0.15) is 23.9 Å². The summed E-state index contributed by atoms with van der Waals surface area (Å²) in [6.07, 6.45) is 5.46. The van der Waals surface area contributed by atoms with Gasteiger partial charge in [-0.1, -0.05) is 0 Å². The van der Waals surface area contributed by atoms with Crippen molar-refractivity contribution in [1.82, 2.24) is 14.9 Å². The molecule has 1 N–H and O–H groups in total. The molecule has 0 spiro atoms. The van der Waals surface area contributed by atoms with E-state index in [1.54, 1.807) is 25.4 Å². The molecule has 31 heavy (non-hydrogen) atoms. The Hall–Kier alpha value is -3.48. The molecule has 0 aliphatic carbocycles. The molecule has 2 aromatic carbocycles. The molecule has 1 aromatic heterocycles. The number of anilines is 1. The lowest BCUT2D eigenvalue weighted by molar-refractivity contribution is 0.0931. The first-order valence-corrected chi connectivity index (χ1v) is 10.5. The van der Waals surface area contributed by atoms with E-state index >= 15 is 0 Å². The van der Waals surface area contributed by atoms with Crippen LogP contribution in [-0.2, 0) is 13.7 Å². The quantitative estimate of drug-likeness (QED) is 0.634. The maximum absolute atomic E-state index is 12.6. The van der Waals surface area contributed by atoms with E-state index in [0.29, 0.717) is 17.9 Å². The van der Waals surface area contributed by atoms with Gasteiger partial charge in [0.05, 0.1) is 7.11 Å². The van der Waals surface area contributed by atoms with Gasteiger partial charge in [0.15, 0.2) is 0 Å².